The summed E-state index contributed by atoms with van der Waals surface area (Å²) in [5.41, 5.74) is 7.22. The molecule has 0 saturated heterocycles. The Morgan fingerprint density at radius 1 is 1.03 bits per heavy atom. The van der Waals surface area contributed by atoms with Gasteiger partial charge < -0.3 is 10.6 Å². The van der Waals surface area contributed by atoms with Crippen LogP contribution in [0.25, 0.3) is 32.9 Å². The summed E-state index contributed by atoms with van der Waals surface area (Å²) >= 11 is 1.70. The number of aromatic nitrogens is 7. The first-order valence-corrected chi connectivity index (χ1v) is 12.0. The molecule has 2 N–H and O–H groups in total. The van der Waals surface area contributed by atoms with Crippen LogP contribution < -0.4 is 10.6 Å². The number of nitrogens with one attached hydrogen (secondary N) is 2. The van der Waals surface area contributed by atoms with Crippen molar-refractivity contribution < 1.29 is 0 Å². The number of aryl methyl sites for hydroxylation is 3. The first-order chi connectivity index (χ1) is 16.5. The predicted octanol–water partition coefficient (Wildman–Crippen LogP) is 4.02. The van der Waals surface area contributed by atoms with Crippen molar-refractivity contribution in [3.63, 3.8) is 0 Å². The van der Waals surface area contributed by atoms with E-state index in [0.29, 0.717) is 0 Å². The lowest BCUT2D eigenvalue weighted by atomic mass is 10.1. The molecule has 10 heteroatoms. The zero-order valence-electron chi connectivity index (χ0n) is 19.3. The number of fused-ring (bicyclic) bond motifs is 1. The Bertz CT molecular complexity index is 1530. The molecule has 0 atom stereocenters. The van der Waals surface area contributed by atoms with Gasteiger partial charge in [0.1, 0.15) is 0 Å². The van der Waals surface area contributed by atoms with Gasteiger partial charge in [-0.15, -0.1) is 11.3 Å². The van der Waals surface area contributed by atoms with Gasteiger partial charge in [0.15, 0.2) is 11.5 Å². The standard InChI is InChI=1S/C24H25N9S/c1-15-7-21(34-22(15)18-10-28-32(3)13-18)30-23-24-26-11-20(17-9-27-31(2)12-17)33(24)14-19(29-23)16-5-4-6-25-8-16/h5,7,9-14,25H,4,6,8H2,1-3H3,(H,29,30). The Morgan fingerprint density at radius 2 is 1.82 bits per heavy atom. The second-order valence-electron chi connectivity index (χ2n) is 8.56. The minimum absolute atomic E-state index is 0.734. The van der Waals surface area contributed by atoms with E-state index in [1.165, 1.54) is 16.0 Å². The largest absolute Gasteiger partial charge is 0.329 e. The highest BCUT2D eigenvalue weighted by Crippen LogP contribution is 2.37. The maximum atomic E-state index is 5.01. The molecule has 9 nitrogen and oxygen atoms in total. The summed E-state index contributed by atoms with van der Waals surface area (Å²) < 4.78 is 5.74. The molecule has 0 saturated carbocycles. The summed E-state index contributed by atoms with van der Waals surface area (Å²) in [4.78, 5) is 10.9. The van der Waals surface area contributed by atoms with Gasteiger partial charge in [0.05, 0.1) is 35.0 Å². The van der Waals surface area contributed by atoms with Crippen molar-refractivity contribution in [1.82, 2.24) is 39.2 Å². The van der Waals surface area contributed by atoms with E-state index in [4.69, 9.17) is 9.97 Å². The molecular formula is C24H25N9S. The molecule has 5 aromatic rings. The van der Waals surface area contributed by atoms with Crippen LogP contribution in [-0.4, -0.2) is 47.0 Å². The van der Waals surface area contributed by atoms with Crippen molar-refractivity contribution in [2.75, 3.05) is 18.4 Å². The van der Waals surface area contributed by atoms with E-state index >= 15 is 0 Å². The van der Waals surface area contributed by atoms with Crippen molar-refractivity contribution >= 4 is 33.4 Å². The van der Waals surface area contributed by atoms with Crippen molar-refractivity contribution in [2.24, 2.45) is 14.1 Å². The summed E-state index contributed by atoms with van der Waals surface area (Å²) in [5, 5.41) is 16.7. The molecule has 1 aliphatic heterocycles. The van der Waals surface area contributed by atoms with Crippen LogP contribution >= 0.6 is 11.3 Å². The normalized spacial score (nSPS) is 14.0. The Morgan fingerprint density at radius 3 is 2.53 bits per heavy atom. The number of thiophene rings is 1. The van der Waals surface area contributed by atoms with Crippen LogP contribution in [0.2, 0.25) is 0 Å². The van der Waals surface area contributed by atoms with Crippen LogP contribution in [0.1, 0.15) is 17.7 Å². The van der Waals surface area contributed by atoms with E-state index in [1.54, 1.807) is 16.0 Å². The quantitative estimate of drug-likeness (QED) is 0.402. The zero-order valence-corrected chi connectivity index (χ0v) is 20.1. The third kappa shape index (κ3) is 3.70. The molecule has 34 heavy (non-hydrogen) atoms. The van der Waals surface area contributed by atoms with Crippen molar-refractivity contribution in [1.29, 1.82) is 0 Å². The molecule has 1 aliphatic rings. The Labute approximate surface area is 200 Å². The summed E-state index contributed by atoms with van der Waals surface area (Å²) in [6.45, 7) is 3.92. The van der Waals surface area contributed by atoms with E-state index in [-0.39, 0.29) is 0 Å². The van der Waals surface area contributed by atoms with E-state index in [0.717, 1.165) is 58.5 Å². The van der Waals surface area contributed by atoms with E-state index in [1.807, 2.05) is 49.8 Å². The molecule has 6 heterocycles. The van der Waals surface area contributed by atoms with Gasteiger partial charge in [0, 0.05) is 55.2 Å². The van der Waals surface area contributed by atoms with Crippen LogP contribution in [0.3, 0.4) is 0 Å². The van der Waals surface area contributed by atoms with Gasteiger partial charge in [-0.2, -0.15) is 10.2 Å². The van der Waals surface area contributed by atoms with Crippen LogP contribution in [-0.2, 0) is 14.1 Å². The third-order valence-corrected chi connectivity index (χ3v) is 7.18. The van der Waals surface area contributed by atoms with Gasteiger partial charge >= 0.3 is 0 Å². The van der Waals surface area contributed by atoms with Crippen LogP contribution in [0, 0.1) is 6.92 Å². The second-order valence-corrected chi connectivity index (χ2v) is 9.61. The monoisotopic (exact) mass is 471 g/mol. The molecule has 0 unspecified atom stereocenters. The van der Waals surface area contributed by atoms with Gasteiger partial charge in [-0.05, 0) is 37.1 Å². The molecule has 0 radical (unpaired) electrons. The van der Waals surface area contributed by atoms with Gasteiger partial charge in [-0.25, -0.2) is 9.97 Å². The van der Waals surface area contributed by atoms with E-state index in [9.17, 15) is 0 Å². The number of imidazole rings is 1. The third-order valence-electron chi connectivity index (χ3n) is 5.98. The lowest BCUT2D eigenvalue weighted by Crippen LogP contribution is -2.22. The molecule has 0 bridgehead atoms. The smallest absolute Gasteiger partial charge is 0.181 e. The summed E-state index contributed by atoms with van der Waals surface area (Å²) in [6, 6.07) is 2.16. The van der Waals surface area contributed by atoms with Crippen molar-refractivity contribution in [2.45, 2.75) is 13.3 Å². The van der Waals surface area contributed by atoms with E-state index < -0.39 is 0 Å². The highest BCUT2D eigenvalue weighted by molar-refractivity contribution is 7.19. The lowest BCUT2D eigenvalue weighted by molar-refractivity contribution is 0.737. The first-order valence-electron chi connectivity index (χ1n) is 11.2. The zero-order chi connectivity index (χ0) is 23.2. The maximum Gasteiger partial charge on any atom is 0.181 e. The van der Waals surface area contributed by atoms with Crippen LogP contribution in [0.5, 0.6) is 0 Å². The maximum absolute atomic E-state index is 5.01. The van der Waals surface area contributed by atoms with Crippen LogP contribution in [0.4, 0.5) is 10.8 Å². The predicted molar refractivity (Wildman–Crippen MR) is 135 cm³/mol. The molecule has 172 valence electrons. The Balaban J connectivity index is 1.46. The first kappa shape index (κ1) is 20.8. The van der Waals surface area contributed by atoms with Crippen LogP contribution in [0.15, 0.2) is 49.3 Å². The molecule has 0 amide bonds. The van der Waals surface area contributed by atoms with Crippen molar-refractivity contribution in [3.05, 3.63) is 60.6 Å². The molecule has 6 rings (SSSR count). The van der Waals surface area contributed by atoms with Gasteiger partial charge in [0.25, 0.3) is 0 Å². The fraction of sp³-hybridized carbons (Fsp3) is 0.250. The number of hydrogen-bond donors (Lipinski definition) is 2. The average Bonchev–Trinajstić information content (AvgIpc) is 3.62. The minimum Gasteiger partial charge on any atom is -0.329 e. The molecule has 5 aromatic heterocycles. The van der Waals surface area contributed by atoms with Gasteiger partial charge in [0.2, 0.25) is 0 Å². The number of rotatable bonds is 5. The fourth-order valence-electron chi connectivity index (χ4n) is 4.32. The topological polar surface area (TPSA) is 89.9 Å². The van der Waals surface area contributed by atoms with E-state index in [2.05, 4.69) is 50.5 Å². The number of hydrogen-bond acceptors (Lipinski definition) is 7. The highest BCUT2D eigenvalue weighted by atomic mass is 32.1. The fourth-order valence-corrected chi connectivity index (χ4v) is 5.36. The Hall–Kier alpha value is -3.76. The molecule has 0 aliphatic carbocycles. The SMILES string of the molecule is Cc1cc(Nc2nc(C3=CCCNC3)cn3c(-c4cnn(C)c4)cnc23)sc1-c1cnn(C)c1. The second kappa shape index (κ2) is 8.23. The summed E-state index contributed by atoms with van der Waals surface area (Å²) in [5.74, 6) is 0.734. The molecular weight excluding hydrogens is 446 g/mol. The summed E-state index contributed by atoms with van der Waals surface area (Å²) in [6.07, 6.45) is 15.0. The summed E-state index contributed by atoms with van der Waals surface area (Å²) in [7, 11) is 3.86. The van der Waals surface area contributed by atoms with Gasteiger partial charge in [-0.3, -0.25) is 13.8 Å². The average molecular weight is 472 g/mol. The molecule has 0 fully saturated rings. The van der Waals surface area contributed by atoms with Crippen molar-refractivity contribution in [3.8, 4) is 21.7 Å². The number of anilines is 2. The Kier molecular flexibility index (Phi) is 5.04. The molecule has 0 aromatic carbocycles. The highest BCUT2D eigenvalue weighted by Gasteiger charge is 2.18. The number of nitrogens with zero attached hydrogens (tertiary/aromatic N) is 7. The van der Waals surface area contributed by atoms with Gasteiger partial charge in [-0.1, -0.05) is 6.08 Å². The molecule has 0 spiro atoms. The lowest BCUT2D eigenvalue weighted by Gasteiger charge is -2.16. The minimum atomic E-state index is 0.734.